The molecule has 0 bridgehead atoms. The van der Waals surface area contributed by atoms with E-state index in [0.717, 1.165) is 22.3 Å². The molecule has 0 saturated heterocycles. The molecule has 0 aliphatic carbocycles. The predicted octanol–water partition coefficient (Wildman–Crippen LogP) is 1.69. The zero-order valence-electron chi connectivity index (χ0n) is 10.5. The summed E-state index contributed by atoms with van der Waals surface area (Å²) < 4.78 is 8.72. The SMILES string of the molecule is Cn1ncc(Br)c1C(NN)C1Cc2ccccc2O1. The van der Waals surface area contributed by atoms with Crippen LogP contribution in [0, 0.1) is 0 Å². The second-order valence-corrected chi connectivity index (χ2v) is 5.47. The number of para-hydroxylation sites is 1. The molecule has 2 heterocycles. The van der Waals surface area contributed by atoms with E-state index in [1.54, 1.807) is 10.9 Å². The Morgan fingerprint density at radius 2 is 2.32 bits per heavy atom. The van der Waals surface area contributed by atoms with Crippen LogP contribution in [-0.2, 0) is 13.5 Å². The van der Waals surface area contributed by atoms with Crippen LogP contribution in [0.5, 0.6) is 5.75 Å². The minimum atomic E-state index is -0.116. The van der Waals surface area contributed by atoms with E-state index in [1.807, 2.05) is 25.2 Å². The van der Waals surface area contributed by atoms with Crippen LogP contribution in [-0.4, -0.2) is 15.9 Å². The molecule has 1 aromatic heterocycles. The van der Waals surface area contributed by atoms with Crippen molar-refractivity contribution in [1.29, 1.82) is 0 Å². The molecule has 100 valence electrons. The minimum absolute atomic E-state index is 0.0332. The molecule has 0 saturated carbocycles. The molecule has 0 fully saturated rings. The number of nitrogens with zero attached hydrogens (tertiary/aromatic N) is 2. The average Bonchev–Trinajstić information content (AvgIpc) is 2.97. The number of rotatable bonds is 3. The Morgan fingerprint density at radius 3 is 2.95 bits per heavy atom. The van der Waals surface area contributed by atoms with Gasteiger partial charge in [0.05, 0.1) is 16.4 Å². The van der Waals surface area contributed by atoms with Crippen molar-refractivity contribution in [1.82, 2.24) is 15.2 Å². The molecule has 1 aliphatic heterocycles. The smallest absolute Gasteiger partial charge is 0.125 e. The number of fused-ring (bicyclic) bond motifs is 1. The molecule has 6 heteroatoms. The number of hydrogen-bond donors (Lipinski definition) is 2. The highest BCUT2D eigenvalue weighted by Crippen LogP contribution is 2.35. The van der Waals surface area contributed by atoms with Crippen LogP contribution >= 0.6 is 15.9 Å². The van der Waals surface area contributed by atoms with Crippen LogP contribution in [0.1, 0.15) is 17.3 Å². The molecule has 0 radical (unpaired) electrons. The van der Waals surface area contributed by atoms with Crippen molar-refractivity contribution in [2.24, 2.45) is 12.9 Å². The van der Waals surface area contributed by atoms with Crippen molar-refractivity contribution in [2.75, 3.05) is 0 Å². The van der Waals surface area contributed by atoms with Crippen LogP contribution in [0.25, 0.3) is 0 Å². The van der Waals surface area contributed by atoms with Crippen LogP contribution in [0.2, 0.25) is 0 Å². The summed E-state index contributed by atoms with van der Waals surface area (Å²) >= 11 is 3.51. The number of aromatic nitrogens is 2. The van der Waals surface area contributed by atoms with Gasteiger partial charge in [-0.3, -0.25) is 10.5 Å². The summed E-state index contributed by atoms with van der Waals surface area (Å²) in [6, 6.07) is 7.96. The van der Waals surface area contributed by atoms with Gasteiger partial charge in [-0.1, -0.05) is 18.2 Å². The van der Waals surface area contributed by atoms with Crippen LogP contribution < -0.4 is 16.0 Å². The van der Waals surface area contributed by atoms with Crippen LogP contribution in [0.3, 0.4) is 0 Å². The predicted molar refractivity (Wildman–Crippen MR) is 75.5 cm³/mol. The van der Waals surface area contributed by atoms with Gasteiger partial charge in [-0.05, 0) is 27.6 Å². The maximum absolute atomic E-state index is 5.99. The van der Waals surface area contributed by atoms with Gasteiger partial charge in [0.2, 0.25) is 0 Å². The molecule has 2 unspecified atom stereocenters. The summed E-state index contributed by atoms with van der Waals surface area (Å²) in [4.78, 5) is 0. The number of benzene rings is 1. The Kier molecular flexibility index (Phi) is 3.30. The summed E-state index contributed by atoms with van der Waals surface area (Å²) in [5.41, 5.74) is 5.05. The summed E-state index contributed by atoms with van der Waals surface area (Å²) in [6.45, 7) is 0. The van der Waals surface area contributed by atoms with E-state index in [1.165, 1.54) is 5.56 Å². The first-order valence-electron chi connectivity index (χ1n) is 6.09. The topological polar surface area (TPSA) is 65.1 Å². The summed E-state index contributed by atoms with van der Waals surface area (Å²) in [5, 5.41) is 4.22. The van der Waals surface area contributed by atoms with Gasteiger partial charge in [0, 0.05) is 13.5 Å². The molecule has 5 nitrogen and oxygen atoms in total. The lowest BCUT2D eigenvalue weighted by molar-refractivity contribution is 0.174. The minimum Gasteiger partial charge on any atom is -0.488 e. The Hall–Kier alpha value is -1.37. The van der Waals surface area contributed by atoms with Gasteiger partial charge in [0.25, 0.3) is 0 Å². The first-order valence-corrected chi connectivity index (χ1v) is 6.88. The Balaban J connectivity index is 1.90. The third kappa shape index (κ3) is 2.16. The quantitative estimate of drug-likeness (QED) is 0.666. The van der Waals surface area contributed by atoms with Gasteiger partial charge < -0.3 is 4.74 Å². The zero-order chi connectivity index (χ0) is 13.4. The molecule has 0 amide bonds. The van der Waals surface area contributed by atoms with Crippen molar-refractivity contribution >= 4 is 15.9 Å². The Labute approximate surface area is 119 Å². The number of hydrazine groups is 1. The van der Waals surface area contributed by atoms with Gasteiger partial charge in [-0.2, -0.15) is 5.10 Å². The Bertz CT molecular complexity index is 554. The third-order valence-corrected chi connectivity index (χ3v) is 4.07. The molecular formula is C13H15BrN4O. The van der Waals surface area contributed by atoms with Crippen LogP contribution in [0.15, 0.2) is 34.9 Å². The maximum atomic E-state index is 5.99. The largest absolute Gasteiger partial charge is 0.488 e. The second kappa shape index (κ2) is 4.96. The lowest BCUT2D eigenvalue weighted by Crippen LogP contribution is -2.40. The van der Waals surface area contributed by atoms with Crippen molar-refractivity contribution in [3.05, 3.63) is 46.2 Å². The number of nitrogens with one attached hydrogen (secondary N) is 1. The molecule has 0 spiro atoms. The molecule has 2 atom stereocenters. The number of nitrogens with two attached hydrogens (primary N) is 1. The van der Waals surface area contributed by atoms with Gasteiger partial charge in [-0.25, -0.2) is 5.43 Å². The molecule has 1 aromatic carbocycles. The van der Waals surface area contributed by atoms with E-state index in [0.29, 0.717) is 0 Å². The molecule has 3 N–H and O–H groups in total. The monoisotopic (exact) mass is 322 g/mol. The molecular weight excluding hydrogens is 308 g/mol. The summed E-state index contributed by atoms with van der Waals surface area (Å²) in [7, 11) is 1.90. The second-order valence-electron chi connectivity index (χ2n) is 4.61. The zero-order valence-corrected chi connectivity index (χ0v) is 12.1. The normalized spacial score (nSPS) is 19.0. The number of hydrogen-bond acceptors (Lipinski definition) is 4. The highest BCUT2D eigenvalue weighted by molar-refractivity contribution is 9.10. The summed E-state index contributed by atoms with van der Waals surface area (Å²) in [6.07, 6.45) is 2.57. The van der Waals surface area contributed by atoms with E-state index < -0.39 is 0 Å². The third-order valence-electron chi connectivity index (χ3n) is 3.46. The van der Waals surface area contributed by atoms with Crippen molar-refractivity contribution in [3.8, 4) is 5.75 Å². The van der Waals surface area contributed by atoms with Gasteiger partial charge in [0.1, 0.15) is 17.9 Å². The van der Waals surface area contributed by atoms with Crippen molar-refractivity contribution in [3.63, 3.8) is 0 Å². The number of ether oxygens (including phenoxy) is 1. The highest BCUT2D eigenvalue weighted by Gasteiger charge is 2.33. The average molecular weight is 323 g/mol. The molecule has 1 aliphatic rings. The Morgan fingerprint density at radius 1 is 1.53 bits per heavy atom. The fraction of sp³-hybridized carbons (Fsp3) is 0.308. The van der Waals surface area contributed by atoms with Gasteiger partial charge in [0.15, 0.2) is 0 Å². The number of halogens is 1. The lowest BCUT2D eigenvalue weighted by atomic mass is 10.0. The molecule has 3 rings (SSSR count). The van der Waals surface area contributed by atoms with Crippen LogP contribution in [0.4, 0.5) is 0 Å². The molecule has 2 aromatic rings. The van der Waals surface area contributed by atoms with Crippen molar-refractivity contribution in [2.45, 2.75) is 18.6 Å². The van der Waals surface area contributed by atoms with E-state index in [4.69, 9.17) is 10.6 Å². The van der Waals surface area contributed by atoms with E-state index >= 15 is 0 Å². The first kappa shape index (κ1) is 12.7. The maximum Gasteiger partial charge on any atom is 0.125 e. The fourth-order valence-electron chi connectivity index (χ4n) is 2.53. The summed E-state index contributed by atoms with van der Waals surface area (Å²) in [5.74, 6) is 6.66. The highest BCUT2D eigenvalue weighted by atomic mass is 79.9. The molecule has 19 heavy (non-hydrogen) atoms. The first-order chi connectivity index (χ1) is 9.20. The lowest BCUT2D eigenvalue weighted by Gasteiger charge is -2.23. The standard InChI is InChI=1S/C13H15BrN4O/c1-18-13(9(14)7-16-18)12(17-15)11-6-8-4-2-3-5-10(8)19-11/h2-5,7,11-12,17H,6,15H2,1H3. The van der Waals surface area contributed by atoms with Gasteiger partial charge in [-0.15, -0.1) is 0 Å². The van der Waals surface area contributed by atoms with E-state index in [9.17, 15) is 0 Å². The number of aryl methyl sites for hydroxylation is 1. The fourth-order valence-corrected chi connectivity index (χ4v) is 3.12. The van der Waals surface area contributed by atoms with E-state index in [2.05, 4.69) is 32.5 Å². The van der Waals surface area contributed by atoms with Crippen molar-refractivity contribution < 1.29 is 4.74 Å². The van der Waals surface area contributed by atoms with E-state index in [-0.39, 0.29) is 12.1 Å². The van der Waals surface area contributed by atoms with Gasteiger partial charge >= 0.3 is 0 Å².